The molecule has 0 unspecified atom stereocenters. The summed E-state index contributed by atoms with van der Waals surface area (Å²) in [5.41, 5.74) is 1.29. The maximum absolute atomic E-state index is 14.6. The molecule has 0 amide bonds. The van der Waals surface area contributed by atoms with Gasteiger partial charge >= 0.3 is 0 Å². The molecule has 0 saturated carbocycles. The SMILES string of the molecule is CCCCCCCCCCC[C@@]1(CO)O[C@H]1[C@@H](CCO)[N+]([O-])(Cc1ccccc1)Cc1ccccc1. The second kappa shape index (κ2) is 14.8. The van der Waals surface area contributed by atoms with E-state index in [-0.39, 0.29) is 19.3 Å². The molecular weight excluding hydrogens is 450 g/mol. The maximum Gasteiger partial charge on any atom is 0.142 e. The highest BCUT2D eigenvalue weighted by Gasteiger charge is 2.62. The van der Waals surface area contributed by atoms with Crippen molar-refractivity contribution < 1.29 is 19.6 Å². The van der Waals surface area contributed by atoms with Crippen molar-refractivity contribution in [2.24, 2.45) is 0 Å². The van der Waals surface area contributed by atoms with E-state index < -0.39 is 16.3 Å². The minimum absolute atomic E-state index is 0.0735. The first kappa shape index (κ1) is 28.8. The van der Waals surface area contributed by atoms with Crippen molar-refractivity contribution in [1.29, 1.82) is 0 Å². The lowest BCUT2D eigenvalue weighted by molar-refractivity contribution is -0.932. The number of aliphatic hydroxyl groups excluding tert-OH is 2. The molecule has 5 heteroatoms. The minimum atomic E-state index is -0.651. The zero-order valence-electron chi connectivity index (χ0n) is 22.2. The van der Waals surface area contributed by atoms with E-state index in [9.17, 15) is 15.4 Å². The Labute approximate surface area is 218 Å². The number of hydroxylamine groups is 3. The van der Waals surface area contributed by atoms with Crippen LogP contribution in [0.25, 0.3) is 0 Å². The van der Waals surface area contributed by atoms with Crippen molar-refractivity contribution in [2.45, 2.75) is 108 Å². The highest BCUT2D eigenvalue weighted by atomic mass is 16.6. The number of hydrogen-bond acceptors (Lipinski definition) is 4. The van der Waals surface area contributed by atoms with Gasteiger partial charge < -0.3 is 24.8 Å². The van der Waals surface area contributed by atoms with E-state index in [2.05, 4.69) is 6.92 Å². The van der Waals surface area contributed by atoms with Gasteiger partial charge in [-0.2, -0.15) is 0 Å². The molecule has 0 bridgehead atoms. The van der Waals surface area contributed by atoms with Crippen molar-refractivity contribution in [3.05, 3.63) is 77.0 Å². The second-order valence-corrected chi connectivity index (χ2v) is 10.7. The molecule has 0 aromatic heterocycles. The monoisotopic (exact) mass is 497 g/mol. The average molecular weight is 498 g/mol. The van der Waals surface area contributed by atoms with Crippen LogP contribution in [0.3, 0.4) is 0 Å². The summed E-state index contributed by atoms with van der Waals surface area (Å²) in [6.07, 6.45) is 12.0. The first-order chi connectivity index (χ1) is 17.6. The Kier molecular flexibility index (Phi) is 11.9. The Bertz CT molecular complexity index is 805. The summed E-state index contributed by atoms with van der Waals surface area (Å²) >= 11 is 0. The van der Waals surface area contributed by atoms with Crippen LogP contribution in [-0.4, -0.2) is 45.8 Å². The second-order valence-electron chi connectivity index (χ2n) is 10.7. The summed E-state index contributed by atoms with van der Waals surface area (Å²) < 4.78 is 5.68. The highest BCUT2D eigenvalue weighted by molar-refractivity contribution is 5.16. The molecule has 3 rings (SSSR count). The third-order valence-corrected chi connectivity index (χ3v) is 7.76. The Morgan fingerprint density at radius 1 is 0.806 bits per heavy atom. The fourth-order valence-electron chi connectivity index (χ4n) is 5.63. The van der Waals surface area contributed by atoms with Crippen LogP contribution in [-0.2, 0) is 17.8 Å². The summed E-state index contributed by atoms with van der Waals surface area (Å²) in [5, 5.41) is 34.9. The van der Waals surface area contributed by atoms with Crippen LogP contribution in [0.1, 0.15) is 88.7 Å². The Hall–Kier alpha value is -1.76. The molecule has 2 aromatic carbocycles. The number of benzene rings is 2. The van der Waals surface area contributed by atoms with Crippen LogP contribution in [0.5, 0.6) is 0 Å². The average Bonchev–Trinajstić information content (AvgIpc) is 3.61. The number of quaternary nitrogens is 1. The van der Waals surface area contributed by atoms with E-state index >= 15 is 0 Å². The number of nitrogens with zero attached hydrogens (tertiary/aromatic N) is 1. The summed E-state index contributed by atoms with van der Waals surface area (Å²) in [5.74, 6) is 0. The Morgan fingerprint density at radius 3 is 1.78 bits per heavy atom. The molecule has 1 aliphatic heterocycles. The molecule has 1 heterocycles. The van der Waals surface area contributed by atoms with Crippen molar-refractivity contribution in [1.82, 2.24) is 0 Å². The molecule has 0 radical (unpaired) electrons. The van der Waals surface area contributed by atoms with Gasteiger partial charge in [-0.1, -0.05) is 125 Å². The largest absolute Gasteiger partial charge is 0.632 e. The van der Waals surface area contributed by atoms with E-state index in [4.69, 9.17) is 4.74 Å². The van der Waals surface area contributed by atoms with Crippen molar-refractivity contribution in [3.63, 3.8) is 0 Å². The van der Waals surface area contributed by atoms with E-state index in [1.165, 1.54) is 44.9 Å². The molecule has 2 N–H and O–H groups in total. The van der Waals surface area contributed by atoms with E-state index in [0.717, 1.165) is 30.4 Å². The lowest BCUT2D eigenvalue weighted by Gasteiger charge is -2.49. The molecule has 5 nitrogen and oxygen atoms in total. The molecule has 3 atom stereocenters. The van der Waals surface area contributed by atoms with Crippen molar-refractivity contribution >= 4 is 0 Å². The van der Waals surface area contributed by atoms with Crippen molar-refractivity contribution in [2.75, 3.05) is 13.2 Å². The van der Waals surface area contributed by atoms with Crippen LogP contribution in [0.15, 0.2) is 60.7 Å². The third-order valence-electron chi connectivity index (χ3n) is 7.76. The summed E-state index contributed by atoms with van der Waals surface area (Å²) in [4.78, 5) is 0. The zero-order chi connectivity index (χ0) is 25.7. The van der Waals surface area contributed by atoms with Crippen LogP contribution < -0.4 is 0 Å². The van der Waals surface area contributed by atoms with Gasteiger partial charge in [-0.05, 0) is 6.42 Å². The van der Waals surface area contributed by atoms with Gasteiger partial charge in [-0.25, -0.2) is 0 Å². The predicted molar refractivity (Wildman–Crippen MR) is 146 cm³/mol. The smallest absolute Gasteiger partial charge is 0.142 e. The van der Waals surface area contributed by atoms with Gasteiger partial charge in [0.05, 0.1) is 6.61 Å². The molecule has 1 aliphatic rings. The highest BCUT2D eigenvalue weighted by Crippen LogP contribution is 2.47. The Balaban J connectivity index is 1.64. The minimum Gasteiger partial charge on any atom is -0.632 e. The van der Waals surface area contributed by atoms with E-state index in [1.54, 1.807) is 0 Å². The predicted octanol–water partition coefficient (Wildman–Crippen LogP) is 6.50. The zero-order valence-corrected chi connectivity index (χ0v) is 22.2. The van der Waals surface area contributed by atoms with Crippen LogP contribution >= 0.6 is 0 Å². The molecular formula is C31H47NO4. The first-order valence-electron chi connectivity index (χ1n) is 14.1. The number of rotatable bonds is 19. The van der Waals surface area contributed by atoms with Gasteiger partial charge in [-0.3, -0.25) is 0 Å². The van der Waals surface area contributed by atoms with Gasteiger partial charge in [0, 0.05) is 24.2 Å². The van der Waals surface area contributed by atoms with Gasteiger partial charge in [0.2, 0.25) is 0 Å². The third kappa shape index (κ3) is 8.39. The van der Waals surface area contributed by atoms with Gasteiger partial charge in [0.15, 0.2) is 0 Å². The lowest BCUT2D eigenvalue weighted by Crippen LogP contribution is -2.54. The van der Waals surface area contributed by atoms with Crippen molar-refractivity contribution in [3.8, 4) is 0 Å². The molecule has 0 aliphatic carbocycles. The van der Waals surface area contributed by atoms with Gasteiger partial charge in [0.1, 0.15) is 30.8 Å². The number of epoxide rings is 1. The fraction of sp³-hybridized carbons (Fsp3) is 0.613. The first-order valence-corrected chi connectivity index (χ1v) is 14.1. The summed E-state index contributed by atoms with van der Waals surface area (Å²) in [6.45, 7) is 2.71. The molecule has 36 heavy (non-hydrogen) atoms. The number of hydrogen-bond donors (Lipinski definition) is 2. The summed E-state index contributed by atoms with van der Waals surface area (Å²) in [7, 11) is 0. The molecule has 1 saturated heterocycles. The van der Waals surface area contributed by atoms with Crippen LogP contribution in [0, 0.1) is 5.21 Å². The fourth-order valence-corrected chi connectivity index (χ4v) is 5.63. The van der Waals surface area contributed by atoms with E-state index in [0.29, 0.717) is 19.5 Å². The number of unbranched alkanes of at least 4 members (excludes halogenated alkanes) is 8. The van der Waals surface area contributed by atoms with Crippen LogP contribution in [0.2, 0.25) is 0 Å². The lowest BCUT2D eigenvalue weighted by atomic mass is 9.91. The maximum atomic E-state index is 14.6. The number of aliphatic hydroxyl groups is 2. The van der Waals surface area contributed by atoms with E-state index in [1.807, 2.05) is 60.7 Å². The van der Waals surface area contributed by atoms with Crippen LogP contribution in [0.4, 0.5) is 0 Å². The Morgan fingerprint density at radius 2 is 1.31 bits per heavy atom. The van der Waals surface area contributed by atoms with Gasteiger partial charge in [0.25, 0.3) is 0 Å². The van der Waals surface area contributed by atoms with Gasteiger partial charge in [-0.15, -0.1) is 0 Å². The molecule has 2 aromatic rings. The standard InChI is InChI=1S/C31H47NO4/c1-2-3-4-5-6-7-8-9-16-22-31(26-34)30(36-31)29(21-23-33)32(35,24-27-17-12-10-13-18-27)25-28-19-14-11-15-20-28/h10-15,17-20,29-30,33-34H,2-9,16,21-26H2,1H3/t29-,30+,31+/m1/s1. The summed E-state index contributed by atoms with van der Waals surface area (Å²) in [6, 6.07) is 19.2. The normalized spacial score (nSPS) is 20.4. The molecule has 1 fully saturated rings. The molecule has 200 valence electrons. The quantitative estimate of drug-likeness (QED) is 0.100. The number of ether oxygens (including phenoxy) is 1. The molecule has 0 spiro atoms. The topological polar surface area (TPSA) is 76.0 Å².